The van der Waals surface area contributed by atoms with E-state index < -0.39 is 6.04 Å². The number of carbonyl (C=O) groups excluding carboxylic acids is 2. The number of halogens is 1. The highest BCUT2D eigenvalue weighted by atomic mass is 35.5. The lowest BCUT2D eigenvalue weighted by Crippen LogP contribution is -2.51. The molecule has 2 amide bonds. The Hall–Kier alpha value is -2.37. The molecule has 0 bridgehead atoms. The number of rotatable bonds is 7. The van der Waals surface area contributed by atoms with E-state index in [0.717, 1.165) is 26.1 Å². The Balaban J connectivity index is 1.51. The van der Waals surface area contributed by atoms with E-state index in [1.807, 2.05) is 13.8 Å². The average molecular weight is 414 g/mol. The number of fused-ring (bicyclic) bond motifs is 1. The maximum atomic E-state index is 12.7. The van der Waals surface area contributed by atoms with Gasteiger partial charge < -0.3 is 10.6 Å². The van der Waals surface area contributed by atoms with Gasteiger partial charge in [-0.1, -0.05) is 61.8 Å². The molecule has 2 N–H and O–H groups in total. The van der Waals surface area contributed by atoms with Crippen molar-refractivity contribution < 1.29 is 9.59 Å². The topological polar surface area (TPSA) is 61.4 Å². The summed E-state index contributed by atoms with van der Waals surface area (Å²) in [7, 11) is 0. The van der Waals surface area contributed by atoms with Crippen LogP contribution in [0.5, 0.6) is 0 Å². The molecule has 6 heteroatoms. The van der Waals surface area contributed by atoms with Crippen molar-refractivity contribution in [2.24, 2.45) is 5.92 Å². The van der Waals surface area contributed by atoms with Gasteiger partial charge in [0, 0.05) is 26.2 Å². The lowest BCUT2D eigenvalue weighted by molar-refractivity contribution is -0.124. The van der Waals surface area contributed by atoms with Crippen LogP contribution in [-0.2, 0) is 17.8 Å². The Bertz CT molecular complexity index is 869. The second-order valence-corrected chi connectivity index (χ2v) is 8.17. The van der Waals surface area contributed by atoms with Crippen LogP contribution in [0.15, 0.2) is 48.5 Å². The number of carbonyl (C=O) groups is 2. The third kappa shape index (κ3) is 5.58. The third-order valence-corrected chi connectivity index (χ3v) is 5.62. The number of hydrogen-bond acceptors (Lipinski definition) is 3. The zero-order valence-corrected chi connectivity index (χ0v) is 17.7. The van der Waals surface area contributed by atoms with Crippen LogP contribution in [0.1, 0.15) is 35.3 Å². The molecule has 0 fully saturated rings. The molecule has 154 valence electrons. The van der Waals surface area contributed by atoms with Crippen molar-refractivity contribution in [1.82, 2.24) is 15.5 Å². The number of benzene rings is 2. The summed E-state index contributed by atoms with van der Waals surface area (Å²) in [6.45, 7) is 7.06. The van der Waals surface area contributed by atoms with Crippen molar-refractivity contribution in [2.45, 2.75) is 32.9 Å². The third-order valence-electron chi connectivity index (χ3n) is 5.29. The molecule has 5 nitrogen and oxygen atoms in total. The molecule has 0 saturated carbocycles. The van der Waals surface area contributed by atoms with Crippen molar-refractivity contribution >= 4 is 23.4 Å². The Morgan fingerprint density at radius 2 is 1.76 bits per heavy atom. The number of hydrogen-bond donors (Lipinski definition) is 2. The van der Waals surface area contributed by atoms with Crippen LogP contribution in [-0.4, -0.2) is 42.4 Å². The Morgan fingerprint density at radius 3 is 2.48 bits per heavy atom. The zero-order chi connectivity index (χ0) is 20.8. The van der Waals surface area contributed by atoms with Gasteiger partial charge in [0.25, 0.3) is 5.91 Å². The van der Waals surface area contributed by atoms with Crippen molar-refractivity contribution in [3.63, 3.8) is 0 Å². The largest absolute Gasteiger partial charge is 0.353 e. The Labute approximate surface area is 177 Å². The van der Waals surface area contributed by atoms with Crippen LogP contribution in [0.4, 0.5) is 0 Å². The van der Waals surface area contributed by atoms with Crippen LogP contribution < -0.4 is 10.6 Å². The van der Waals surface area contributed by atoms with Gasteiger partial charge in [-0.2, -0.15) is 0 Å². The molecule has 1 atom stereocenters. The Kier molecular flexibility index (Phi) is 7.29. The molecule has 1 aliphatic rings. The monoisotopic (exact) mass is 413 g/mol. The van der Waals surface area contributed by atoms with E-state index >= 15 is 0 Å². The van der Waals surface area contributed by atoms with E-state index in [9.17, 15) is 9.59 Å². The van der Waals surface area contributed by atoms with Gasteiger partial charge in [0.1, 0.15) is 6.04 Å². The normalized spacial score (nSPS) is 14.9. The molecule has 29 heavy (non-hydrogen) atoms. The van der Waals surface area contributed by atoms with Crippen LogP contribution in [0.25, 0.3) is 0 Å². The van der Waals surface area contributed by atoms with Crippen LogP contribution >= 0.6 is 11.6 Å². The van der Waals surface area contributed by atoms with E-state index in [0.29, 0.717) is 17.1 Å². The highest BCUT2D eigenvalue weighted by Crippen LogP contribution is 2.18. The molecule has 3 rings (SSSR count). The van der Waals surface area contributed by atoms with Crippen molar-refractivity contribution in [3.8, 4) is 0 Å². The van der Waals surface area contributed by atoms with Gasteiger partial charge in [-0.25, -0.2) is 0 Å². The second-order valence-electron chi connectivity index (χ2n) is 7.76. The first-order valence-electron chi connectivity index (χ1n) is 10.1. The van der Waals surface area contributed by atoms with Gasteiger partial charge >= 0.3 is 0 Å². The lowest BCUT2D eigenvalue weighted by atomic mass is 10.00. The minimum absolute atomic E-state index is 0.0386. The molecule has 1 unspecified atom stereocenters. The predicted octanol–water partition coefficient (Wildman–Crippen LogP) is 3.27. The second kappa shape index (κ2) is 9.90. The SMILES string of the molecule is CC(C)C(NC(=O)c1ccccc1Cl)C(=O)NCCN1CCc2ccccc2C1. The fourth-order valence-electron chi connectivity index (χ4n) is 3.59. The maximum absolute atomic E-state index is 12.7. The summed E-state index contributed by atoms with van der Waals surface area (Å²) in [5, 5.41) is 6.18. The smallest absolute Gasteiger partial charge is 0.253 e. The molecule has 2 aromatic rings. The van der Waals surface area contributed by atoms with E-state index in [2.05, 4.69) is 39.8 Å². The predicted molar refractivity (Wildman–Crippen MR) is 116 cm³/mol. The summed E-state index contributed by atoms with van der Waals surface area (Å²) < 4.78 is 0. The van der Waals surface area contributed by atoms with Crippen LogP contribution in [0, 0.1) is 5.92 Å². The van der Waals surface area contributed by atoms with E-state index in [4.69, 9.17) is 11.6 Å². The average Bonchev–Trinajstić information content (AvgIpc) is 2.71. The number of amides is 2. The summed E-state index contributed by atoms with van der Waals surface area (Å²) in [6.07, 6.45) is 1.03. The molecule has 1 aliphatic heterocycles. The van der Waals surface area contributed by atoms with Gasteiger partial charge in [0.05, 0.1) is 10.6 Å². The van der Waals surface area contributed by atoms with Gasteiger partial charge in [-0.3, -0.25) is 14.5 Å². The molecular formula is C23H28ClN3O2. The van der Waals surface area contributed by atoms with Crippen LogP contribution in [0.2, 0.25) is 5.02 Å². The minimum Gasteiger partial charge on any atom is -0.353 e. The van der Waals surface area contributed by atoms with Crippen molar-refractivity contribution in [1.29, 1.82) is 0 Å². The summed E-state index contributed by atoms with van der Waals surface area (Å²) in [4.78, 5) is 27.6. The van der Waals surface area contributed by atoms with E-state index in [-0.39, 0.29) is 17.7 Å². The van der Waals surface area contributed by atoms with E-state index in [1.165, 1.54) is 11.1 Å². The molecule has 0 aromatic heterocycles. The maximum Gasteiger partial charge on any atom is 0.253 e. The fraction of sp³-hybridized carbons (Fsp3) is 0.391. The van der Waals surface area contributed by atoms with Crippen molar-refractivity contribution in [2.75, 3.05) is 19.6 Å². The first-order valence-corrected chi connectivity index (χ1v) is 10.5. The highest BCUT2D eigenvalue weighted by Gasteiger charge is 2.25. The van der Waals surface area contributed by atoms with Crippen molar-refractivity contribution in [3.05, 3.63) is 70.2 Å². The molecule has 2 aromatic carbocycles. The summed E-state index contributed by atoms with van der Waals surface area (Å²) in [5.41, 5.74) is 3.15. The molecule has 0 spiro atoms. The Morgan fingerprint density at radius 1 is 1.07 bits per heavy atom. The van der Waals surface area contributed by atoms with Gasteiger partial charge in [-0.05, 0) is 35.6 Å². The first kappa shape index (κ1) is 21.3. The summed E-state index contributed by atoms with van der Waals surface area (Å²) in [5.74, 6) is -0.543. The number of nitrogens with zero attached hydrogens (tertiary/aromatic N) is 1. The quantitative estimate of drug-likeness (QED) is 0.732. The molecule has 0 aliphatic carbocycles. The van der Waals surface area contributed by atoms with Gasteiger partial charge in [0.2, 0.25) is 5.91 Å². The van der Waals surface area contributed by atoms with E-state index in [1.54, 1.807) is 24.3 Å². The first-order chi connectivity index (χ1) is 14.0. The minimum atomic E-state index is -0.610. The standard InChI is InChI=1S/C23H28ClN3O2/c1-16(2)21(26-22(28)19-9-5-6-10-20(19)24)23(29)25-12-14-27-13-11-17-7-3-4-8-18(17)15-27/h3-10,16,21H,11-15H2,1-2H3,(H,25,29)(H,26,28). The number of nitrogens with one attached hydrogen (secondary N) is 2. The fourth-order valence-corrected chi connectivity index (χ4v) is 3.81. The van der Waals surface area contributed by atoms with Crippen LogP contribution in [0.3, 0.4) is 0 Å². The highest BCUT2D eigenvalue weighted by molar-refractivity contribution is 6.33. The molecule has 0 saturated heterocycles. The summed E-state index contributed by atoms with van der Waals surface area (Å²) in [6, 6.07) is 14.7. The molecular weight excluding hydrogens is 386 g/mol. The summed E-state index contributed by atoms with van der Waals surface area (Å²) >= 11 is 6.10. The lowest BCUT2D eigenvalue weighted by Gasteiger charge is -2.29. The molecule has 1 heterocycles. The van der Waals surface area contributed by atoms with Gasteiger partial charge in [0.15, 0.2) is 0 Å². The zero-order valence-electron chi connectivity index (χ0n) is 17.0. The van der Waals surface area contributed by atoms with Gasteiger partial charge in [-0.15, -0.1) is 0 Å². The molecule has 0 radical (unpaired) electrons.